The molecule has 1 atom stereocenters. The third-order valence-corrected chi connectivity index (χ3v) is 3.29. The van der Waals surface area contributed by atoms with Gasteiger partial charge in [0.15, 0.2) is 23.2 Å². The zero-order chi connectivity index (χ0) is 15.6. The number of hydrogen-bond donors (Lipinski definition) is 2. The van der Waals surface area contributed by atoms with Gasteiger partial charge < -0.3 is 4.74 Å². The molecule has 0 saturated heterocycles. The summed E-state index contributed by atoms with van der Waals surface area (Å²) in [5, 5.41) is 0. The van der Waals surface area contributed by atoms with E-state index in [9.17, 15) is 13.2 Å². The minimum absolute atomic E-state index is 0.000687. The van der Waals surface area contributed by atoms with E-state index in [0.29, 0.717) is 5.56 Å². The van der Waals surface area contributed by atoms with Gasteiger partial charge in [-0.05, 0) is 30.2 Å². The molecule has 2 aromatic carbocycles. The minimum atomic E-state index is -0.985. The van der Waals surface area contributed by atoms with Crippen LogP contribution in [-0.4, -0.2) is 7.11 Å². The molecular formula is C15H15F3N2O. The van der Waals surface area contributed by atoms with Crippen molar-refractivity contribution in [1.29, 1.82) is 0 Å². The molecule has 6 heteroatoms. The molecule has 3 nitrogen and oxygen atoms in total. The molecule has 0 aliphatic carbocycles. The van der Waals surface area contributed by atoms with Crippen LogP contribution >= 0.6 is 0 Å². The molecule has 0 radical (unpaired) electrons. The third-order valence-electron chi connectivity index (χ3n) is 3.29. The third kappa shape index (κ3) is 2.86. The van der Waals surface area contributed by atoms with Crippen LogP contribution in [0.15, 0.2) is 30.3 Å². The Morgan fingerprint density at radius 3 is 2.43 bits per heavy atom. The average Bonchev–Trinajstić information content (AvgIpc) is 2.49. The first-order chi connectivity index (χ1) is 9.99. The van der Waals surface area contributed by atoms with E-state index >= 15 is 0 Å². The maximum atomic E-state index is 14.1. The fraction of sp³-hybridized carbons (Fsp3) is 0.200. The summed E-state index contributed by atoms with van der Waals surface area (Å²) in [6, 6.07) is 6.07. The number of hydrazine groups is 1. The van der Waals surface area contributed by atoms with Gasteiger partial charge in [-0.3, -0.25) is 5.84 Å². The molecule has 0 fully saturated rings. The first kappa shape index (κ1) is 15.3. The normalized spacial score (nSPS) is 12.3. The van der Waals surface area contributed by atoms with Gasteiger partial charge in [0.25, 0.3) is 0 Å². The topological polar surface area (TPSA) is 47.3 Å². The van der Waals surface area contributed by atoms with Crippen LogP contribution in [0.1, 0.15) is 22.7 Å². The highest BCUT2D eigenvalue weighted by molar-refractivity contribution is 5.39. The highest BCUT2D eigenvalue weighted by Gasteiger charge is 2.21. The molecule has 3 N–H and O–H groups in total. The van der Waals surface area contributed by atoms with Crippen LogP contribution in [0.3, 0.4) is 0 Å². The molecule has 2 aromatic rings. The van der Waals surface area contributed by atoms with Crippen molar-refractivity contribution in [2.45, 2.75) is 13.0 Å². The fourth-order valence-corrected chi connectivity index (χ4v) is 2.11. The fourth-order valence-electron chi connectivity index (χ4n) is 2.11. The number of rotatable bonds is 4. The Morgan fingerprint density at radius 1 is 1.10 bits per heavy atom. The van der Waals surface area contributed by atoms with Crippen LogP contribution in [0.25, 0.3) is 0 Å². The number of nitrogens with two attached hydrogens (primary N) is 1. The van der Waals surface area contributed by atoms with E-state index in [0.717, 1.165) is 0 Å². The first-order valence-corrected chi connectivity index (χ1v) is 6.23. The van der Waals surface area contributed by atoms with Crippen molar-refractivity contribution >= 4 is 0 Å². The molecule has 1 unspecified atom stereocenters. The molecule has 0 aromatic heterocycles. The maximum Gasteiger partial charge on any atom is 0.165 e. The van der Waals surface area contributed by atoms with Gasteiger partial charge in [-0.2, -0.15) is 0 Å². The van der Waals surface area contributed by atoms with E-state index in [4.69, 9.17) is 10.6 Å². The molecule has 0 heterocycles. The summed E-state index contributed by atoms with van der Waals surface area (Å²) in [4.78, 5) is 0. The van der Waals surface area contributed by atoms with Crippen LogP contribution < -0.4 is 16.0 Å². The number of methoxy groups -OCH3 is 1. The molecule has 0 amide bonds. The lowest BCUT2D eigenvalue weighted by atomic mass is 9.97. The van der Waals surface area contributed by atoms with Crippen LogP contribution in [0, 0.1) is 24.4 Å². The Labute approximate surface area is 120 Å². The monoisotopic (exact) mass is 296 g/mol. The van der Waals surface area contributed by atoms with Crippen molar-refractivity contribution in [3.63, 3.8) is 0 Å². The second-order valence-corrected chi connectivity index (χ2v) is 4.59. The lowest BCUT2D eigenvalue weighted by Crippen LogP contribution is -2.30. The highest BCUT2D eigenvalue weighted by atomic mass is 19.2. The summed E-state index contributed by atoms with van der Waals surface area (Å²) in [6.45, 7) is 1.47. The van der Waals surface area contributed by atoms with E-state index in [1.165, 1.54) is 44.4 Å². The number of benzene rings is 2. The number of halogens is 3. The summed E-state index contributed by atoms with van der Waals surface area (Å²) < 4.78 is 46.1. The quantitative estimate of drug-likeness (QED) is 0.673. The van der Waals surface area contributed by atoms with E-state index in [-0.39, 0.29) is 16.9 Å². The predicted molar refractivity (Wildman–Crippen MR) is 73.2 cm³/mol. The van der Waals surface area contributed by atoms with Crippen LogP contribution in [-0.2, 0) is 0 Å². The molecule has 21 heavy (non-hydrogen) atoms. The highest BCUT2D eigenvalue weighted by Crippen LogP contribution is 2.29. The van der Waals surface area contributed by atoms with Crippen molar-refractivity contribution in [2.24, 2.45) is 5.84 Å². The second kappa shape index (κ2) is 6.15. The summed E-state index contributed by atoms with van der Waals surface area (Å²) in [7, 11) is 1.32. The van der Waals surface area contributed by atoms with Gasteiger partial charge in [-0.15, -0.1) is 0 Å². The van der Waals surface area contributed by atoms with E-state index in [2.05, 4.69) is 5.43 Å². The Morgan fingerprint density at radius 2 is 1.81 bits per heavy atom. The minimum Gasteiger partial charge on any atom is -0.494 e. The van der Waals surface area contributed by atoms with Gasteiger partial charge in [0.1, 0.15) is 0 Å². The van der Waals surface area contributed by atoms with Gasteiger partial charge in [-0.1, -0.05) is 18.2 Å². The summed E-state index contributed by atoms with van der Waals surface area (Å²) in [5.41, 5.74) is 3.10. The SMILES string of the molecule is COc1cc(C(NN)c2ccc(C)c(F)c2F)ccc1F. The standard InChI is InChI=1S/C15H15F3N2O/c1-8-3-5-10(14(18)13(8)17)15(20-19)9-4-6-11(16)12(7-9)21-2/h3-7,15,20H,19H2,1-2H3. The van der Waals surface area contributed by atoms with E-state index in [1.54, 1.807) is 0 Å². The van der Waals surface area contributed by atoms with Crippen molar-refractivity contribution < 1.29 is 17.9 Å². The molecule has 0 saturated carbocycles. The smallest absolute Gasteiger partial charge is 0.165 e. The summed E-state index contributed by atoms with van der Waals surface area (Å²) in [6.07, 6.45) is 0. The first-order valence-electron chi connectivity index (χ1n) is 6.23. The molecule has 0 bridgehead atoms. The van der Waals surface area contributed by atoms with Crippen molar-refractivity contribution in [1.82, 2.24) is 5.43 Å². The summed E-state index contributed by atoms with van der Waals surface area (Å²) >= 11 is 0. The lowest BCUT2D eigenvalue weighted by Gasteiger charge is -2.19. The molecular weight excluding hydrogens is 281 g/mol. The Hall–Kier alpha value is -2.05. The second-order valence-electron chi connectivity index (χ2n) is 4.59. The van der Waals surface area contributed by atoms with Crippen molar-refractivity contribution in [3.05, 3.63) is 64.5 Å². The molecule has 112 valence electrons. The van der Waals surface area contributed by atoms with Crippen LogP contribution in [0.5, 0.6) is 5.75 Å². The van der Waals surface area contributed by atoms with Gasteiger partial charge >= 0.3 is 0 Å². The zero-order valence-corrected chi connectivity index (χ0v) is 11.6. The van der Waals surface area contributed by atoms with E-state index in [1.807, 2.05) is 0 Å². The molecule has 2 rings (SSSR count). The number of aryl methyl sites for hydroxylation is 1. The largest absolute Gasteiger partial charge is 0.494 e. The zero-order valence-electron chi connectivity index (χ0n) is 11.6. The van der Waals surface area contributed by atoms with Gasteiger partial charge in [0.05, 0.1) is 13.2 Å². The van der Waals surface area contributed by atoms with Crippen molar-refractivity contribution in [3.8, 4) is 5.75 Å². The van der Waals surface area contributed by atoms with Crippen molar-refractivity contribution in [2.75, 3.05) is 7.11 Å². The number of ether oxygens (including phenoxy) is 1. The molecule has 0 spiro atoms. The summed E-state index contributed by atoms with van der Waals surface area (Å²) in [5.74, 6) is 2.99. The van der Waals surface area contributed by atoms with Gasteiger partial charge in [0.2, 0.25) is 0 Å². The van der Waals surface area contributed by atoms with Gasteiger partial charge in [0, 0.05) is 5.56 Å². The Kier molecular flexibility index (Phi) is 4.50. The lowest BCUT2D eigenvalue weighted by molar-refractivity contribution is 0.385. The average molecular weight is 296 g/mol. The number of hydrogen-bond acceptors (Lipinski definition) is 3. The van der Waals surface area contributed by atoms with Crippen LogP contribution in [0.4, 0.5) is 13.2 Å². The predicted octanol–water partition coefficient (Wildman–Crippen LogP) is 2.97. The number of nitrogens with one attached hydrogen (secondary N) is 1. The van der Waals surface area contributed by atoms with E-state index < -0.39 is 23.5 Å². The molecule has 0 aliphatic rings. The molecule has 0 aliphatic heterocycles. The van der Waals surface area contributed by atoms with Crippen LogP contribution in [0.2, 0.25) is 0 Å². The Balaban J connectivity index is 2.52. The van der Waals surface area contributed by atoms with Gasteiger partial charge in [-0.25, -0.2) is 18.6 Å². The Bertz CT molecular complexity index is 662. The maximum absolute atomic E-state index is 14.1.